The van der Waals surface area contributed by atoms with Crippen LogP contribution in [0.25, 0.3) is 0 Å². The van der Waals surface area contributed by atoms with Crippen LogP contribution in [-0.2, 0) is 23.6 Å². The highest BCUT2D eigenvalue weighted by atomic mass is 32.2. The minimum Gasteiger partial charge on any atom is -0.352 e. The molecule has 2 heterocycles. The number of nitrogens with zero attached hydrogens (tertiary/aromatic N) is 2. The van der Waals surface area contributed by atoms with Crippen molar-refractivity contribution in [3.63, 3.8) is 0 Å². The zero-order valence-corrected chi connectivity index (χ0v) is 12.0. The van der Waals surface area contributed by atoms with Gasteiger partial charge in [-0.1, -0.05) is 6.92 Å². The molecule has 0 aromatic carbocycles. The number of hydrogen-bond acceptors (Lipinski definition) is 3. The van der Waals surface area contributed by atoms with Gasteiger partial charge in [-0.3, -0.25) is 0 Å². The molecule has 1 N–H and O–H groups in total. The highest BCUT2D eigenvalue weighted by molar-refractivity contribution is 7.89. The van der Waals surface area contributed by atoms with Crippen molar-refractivity contribution in [3.8, 4) is 0 Å². The lowest BCUT2D eigenvalue weighted by molar-refractivity contribution is 0.464. The Hall–Kier alpha value is -0.850. The number of aryl methyl sites for hydroxylation is 1. The van der Waals surface area contributed by atoms with Crippen LogP contribution in [0.3, 0.4) is 0 Å². The summed E-state index contributed by atoms with van der Waals surface area (Å²) in [6.07, 6.45) is 2.65. The maximum absolute atomic E-state index is 12.4. The Bertz CT molecular complexity index is 521. The Morgan fingerprint density at radius 3 is 2.78 bits per heavy atom. The smallest absolute Gasteiger partial charge is 0.244 e. The van der Waals surface area contributed by atoms with Gasteiger partial charge in [-0.2, -0.15) is 4.31 Å². The molecule has 1 unspecified atom stereocenters. The topological polar surface area (TPSA) is 54.3 Å². The van der Waals surface area contributed by atoms with Crippen molar-refractivity contribution in [2.24, 2.45) is 13.0 Å². The van der Waals surface area contributed by atoms with Crippen molar-refractivity contribution in [3.05, 3.63) is 18.0 Å². The Labute approximate surface area is 109 Å². The summed E-state index contributed by atoms with van der Waals surface area (Å²) >= 11 is 0. The first kappa shape index (κ1) is 13.6. The first-order chi connectivity index (χ1) is 8.45. The molecule has 5 nitrogen and oxygen atoms in total. The predicted molar refractivity (Wildman–Crippen MR) is 70.7 cm³/mol. The van der Waals surface area contributed by atoms with E-state index in [0.29, 0.717) is 30.4 Å². The summed E-state index contributed by atoms with van der Waals surface area (Å²) in [6.45, 7) is 4.04. The molecule has 0 radical (unpaired) electrons. The molecule has 1 aromatic heterocycles. The molecule has 1 aliphatic heterocycles. The number of rotatable bonds is 4. The molecule has 0 amide bonds. The Balaban J connectivity index is 2.27. The maximum Gasteiger partial charge on any atom is 0.244 e. The van der Waals surface area contributed by atoms with Crippen LogP contribution < -0.4 is 5.32 Å². The van der Waals surface area contributed by atoms with E-state index in [9.17, 15) is 8.42 Å². The van der Waals surface area contributed by atoms with Crippen molar-refractivity contribution >= 4 is 10.0 Å². The Kier molecular flexibility index (Phi) is 3.79. The lowest BCUT2D eigenvalue weighted by Gasteiger charge is -2.14. The van der Waals surface area contributed by atoms with Gasteiger partial charge in [0.2, 0.25) is 10.0 Å². The largest absolute Gasteiger partial charge is 0.352 e. The third-order valence-corrected chi connectivity index (χ3v) is 5.30. The lowest BCUT2D eigenvalue weighted by Crippen LogP contribution is -2.28. The molecule has 0 spiro atoms. The second-order valence-corrected chi connectivity index (χ2v) is 7.00. The van der Waals surface area contributed by atoms with E-state index in [4.69, 9.17) is 0 Å². The average Bonchev–Trinajstić information content (AvgIpc) is 2.87. The second-order valence-electron chi connectivity index (χ2n) is 5.07. The minimum atomic E-state index is -3.31. The molecule has 6 heteroatoms. The number of sulfonamides is 1. The van der Waals surface area contributed by atoms with E-state index < -0.39 is 10.0 Å². The molecule has 1 saturated heterocycles. The zero-order valence-electron chi connectivity index (χ0n) is 11.2. The van der Waals surface area contributed by atoms with Crippen LogP contribution in [-0.4, -0.2) is 37.4 Å². The third kappa shape index (κ3) is 2.46. The molecule has 18 heavy (non-hydrogen) atoms. The molecule has 1 fully saturated rings. The van der Waals surface area contributed by atoms with Gasteiger partial charge in [-0.25, -0.2) is 8.42 Å². The molecule has 0 bridgehead atoms. The fourth-order valence-corrected chi connectivity index (χ4v) is 4.01. The van der Waals surface area contributed by atoms with Gasteiger partial charge < -0.3 is 9.88 Å². The molecule has 1 aromatic rings. The first-order valence-electron chi connectivity index (χ1n) is 6.25. The van der Waals surface area contributed by atoms with Gasteiger partial charge in [0.05, 0.1) is 0 Å². The number of hydrogen-bond donors (Lipinski definition) is 1. The standard InChI is InChI=1S/C12H21N3O2S/c1-10-4-5-15(8-10)18(16,17)12-6-11(7-13-2)14(3)9-12/h6,9-10,13H,4-5,7-8H2,1-3H3. The van der Waals surface area contributed by atoms with Crippen molar-refractivity contribution < 1.29 is 8.42 Å². The van der Waals surface area contributed by atoms with Crippen molar-refractivity contribution in [2.75, 3.05) is 20.1 Å². The van der Waals surface area contributed by atoms with Crippen LogP contribution in [0, 0.1) is 5.92 Å². The summed E-state index contributed by atoms with van der Waals surface area (Å²) in [5.41, 5.74) is 0.975. The van der Waals surface area contributed by atoms with Gasteiger partial charge in [0.1, 0.15) is 4.90 Å². The van der Waals surface area contributed by atoms with Crippen molar-refractivity contribution in [1.82, 2.24) is 14.2 Å². The predicted octanol–water partition coefficient (Wildman–Crippen LogP) is 0.775. The van der Waals surface area contributed by atoms with E-state index in [0.717, 1.165) is 12.1 Å². The highest BCUT2D eigenvalue weighted by Gasteiger charge is 2.31. The summed E-state index contributed by atoms with van der Waals surface area (Å²) in [6, 6.07) is 1.76. The molecule has 1 atom stereocenters. The quantitative estimate of drug-likeness (QED) is 0.880. The molecule has 102 valence electrons. The van der Waals surface area contributed by atoms with E-state index in [2.05, 4.69) is 12.2 Å². The molecule has 1 aliphatic rings. The van der Waals surface area contributed by atoms with Crippen LogP contribution in [0.2, 0.25) is 0 Å². The van der Waals surface area contributed by atoms with Crippen LogP contribution in [0.1, 0.15) is 19.0 Å². The van der Waals surface area contributed by atoms with Gasteiger partial charge in [0.25, 0.3) is 0 Å². The summed E-state index contributed by atoms with van der Waals surface area (Å²) in [5.74, 6) is 0.459. The zero-order chi connectivity index (χ0) is 13.3. The number of aromatic nitrogens is 1. The van der Waals surface area contributed by atoms with E-state index >= 15 is 0 Å². The fraction of sp³-hybridized carbons (Fsp3) is 0.667. The van der Waals surface area contributed by atoms with Crippen LogP contribution in [0.4, 0.5) is 0 Å². The lowest BCUT2D eigenvalue weighted by atomic mass is 10.2. The van der Waals surface area contributed by atoms with Crippen LogP contribution >= 0.6 is 0 Å². The third-order valence-electron chi connectivity index (χ3n) is 3.47. The normalized spacial score (nSPS) is 21.6. The summed E-state index contributed by atoms with van der Waals surface area (Å²) in [5, 5.41) is 3.04. The van der Waals surface area contributed by atoms with Gasteiger partial charge in [0, 0.05) is 38.6 Å². The molecule has 2 rings (SSSR count). The molecule has 0 saturated carbocycles. The fourth-order valence-electron chi connectivity index (χ4n) is 2.34. The molecule has 0 aliphatic carbocycles. The van der Waals surface area contributed by atoms with Gasteiger partial charge in [0.15, 0.2) is 0 Å². The monoisotopic (exact) mass is 271 g/mol. The van der Waals surface area contributed by atoms with Crippen LogP contribution in [0.15, 0.2) is 17.2 Å². The van der Waals surface area contributed by atoms with Gasteiger partial charge in [-0.05, 0) is 25.5 Å². The van der Waals surface area contributed by atoms with Crippen molar-refractivity contribution in [2.45, 2.75) is 24.8 Å². The Morgan fingerprint density at radius 2 is 2.22 bits per heavy atom. The van der Waals surface area contributed by atoms with E-state index in [1.54, 1.807) is 16.6 Å². The van der Waals surface area contributed by atoms with E-state index in [1.165, 1.54) is 0 Å². The second kappa shape index (κ2) is 5.03. The number of nitrogens with one attached hydrogen (secondary N) is 1. The minimum absolute atomic E-state index is 0.407. The molecular weight excluding hydrogens is 250 g/mol. The average molecular weight is 271 g/mol. The highest BCUT2D eigenvalue weighted by Crippen LogP contribution is 2.25. The van der Waals surface area contributed by atoms with Crippen LogP contribution in [0.5, 0.6) is 0 Å². The van der Waals surface area contributed by atoms with Gasteiger partial charge in [-0.15, -0.1) is 0 Å². The maximum atomic E-state index is 12.4. The Morgan fingerprint density at radius 1 is 1.50 bits per heavy atom. The summed E-state index contributed by atoms with van der Waals surface area (Å²) < 4.78 is 28.3. The van der Waals surface area contributed by atoms with E-state index in [-0.39, 0.29) is 0 Å². The summed E-state index contributed by atoms with van der Waals surface area (Å²) in [4.78, 5) is 0.407. The summed E-state index contributed by atoms with van der Waals surface area (Å²) in [7, 11) is 0.417. The van der Waals surface area contributed by atoms with Gasteiger partial charge >= 0.3 is 0 Å². The first-order valence-corrected chi connectivity index (χ1v) is 7.69. The van der Waals surface area contributed by atoms with E-state index in [1.807, 2.05) is 18.7 Å². The van der Waals surface area contributed by atoms with Crippen molar-refractivity contribution in [1.29, 1.82) is 0 Å². The molecular formula is C12H21N3O2S. The SMILES string of the molecule is CNCc1cc(S(=O)(=O)N2CCC(C)C2)cn1C.